The molecule has 1 heterocycles. The van der Waals surface area contributed by atoms with E-state index in [0.29, 0.717) is 28.2 Å². The molecule has 1 aliphatic rings. The maximum atomic E-state index is 15.4. The number of hydrogen-bond donors (Lipinski definition) is 1. The fourth-order valence-electron chi connectivity index (χ4n) is 5.26. The third kappa shape index (κ3) is 5.61. The largest absolute Gasteiger partial charge is 0.497 e. The van der Waals surface area contributed by atoms with Crippen molar-refractivity contribution in [1.29, 1.82) is 0 Å². The van der Waals surface area contributed by atoms with Crippen LogP contribution in [0.3, 0.4) is 0 Å². The van der Waals surface area contributed by atoms with E-state index >= 15 is 4.39 Å². The first kappa shape index (κ1) is 27.1. The molecule has 2 amide bonds. The third-order valence-corrected chi connectivity index (χ3v) is 7.28. The minimum absolute atomic E-state index is 0.0514. The van der Waals surface area contributed by atoms with E-state index in [0.717, 1.165) is 32.1 Å². The van der Waals surface area contributed by atoms with Gasteiger partial charge < -0.3 is 14.8 Å². The van der Waals surface area contributed by atoms with Gasteiger partial charge in [0.05, 0.1) is 25.4 Å². The molecule has 4 aromatic rings. The average molecular weight is 546 g/mol. The van der Waals surface area contributed by atoms with Gasteiger partial charge in [-0.2, -0.15) is 0 Å². The first-order valence-electron chi connectivity index (χ1n) is 13.4. The molecule has 10 heteroatoms. The maximum absolute atomic E-state index is 15.4. The van der Waals surface area contributed by atoms with Crippen LogP contribution in [0, 0.1) is 5.82 Å². The number of rotatable bonds is 9. The van der Waals surface area contributed by atoms with Crippen LogP contribution in [-0.4, -0.2) is 47.1 Å². The van der Waals surface area contributed by atoms with Gasteiger partial charge in [-0.3, -0.25) is 14.5 Å². The Morgan fingerprint density at radius 1 is 1.02 bits per heavy atom. The highest BCUT2D eigenvalue weighted by Gasteiger charge is 2.37. The van der Waals surface area contributed by atoms with Crippen molar-refractivity contribution < 1.29 is 23.5 Å². The molecule has 5 rings (SSSR count). The van der Waals surface area contributed by atoms with Crippen LogP contribution >= 0.6 is 0 Å². The Labute approximate surface area is 231 Å². The molecule has 1 aliphatic carbocycles. The Morgan fingerprint density at radius 3 is 2.52 bits per heavy atom. The number of amides is 2. The van der Waals surface area contributed by atoms with Crippen molar-refractivity contribution in [3.05, 3.63) is 78.1 Å². The normalized spacial score (nSPS) is 14.5. The van der Waals surface area contributed by atoms with E-state index in [9.17, 15) is 9.59 Å². The lowest BCUT2D eigenvalue weighted by Gasteiger charge is -2.34. The molecule has 0 saturated heterocycles. The Bertz CT molecular complexity index is 1500. The summed E-state index contributed by atoms with van der Waals surface area (Å²) in [7, 11) is 2.99. The van der Waals surface area contributed by atoms with Crippen molar-refractivity contribution >= 4 is 28.5 Å². The zero-order valence-corrected chi connectivity index (χ0v) is 22.5. The number of nitrogens with zero attached hydrogens (tertiary/aromatic N) is 4. The number of fused-ring (bicyclic) bond motifs is 1. The molecule has 0 spiro atoms. The van der Waals surface area contributed by atoms with E-state index in [1.165, 1.54) is 35.9 Å². The Kier molecular flexibility index (Phi) is 8.23. The number of benzene rings is 3. The van der Waals surface area contributed by atoms with Gasteiger partial charge in [-0.25, -0.2) is 9.07 Å². The zero-order chi connectivity index (χ0) is 28.1. The standard InChI is InChI=1S/C30H32FN5O4/c1-39-21-16-17-26(27(18-21)40-2)36(28(37)19-35-25-15-9-8-14-24(25)33-34-35)29(22-12-6-7-13-23(22)31)30(38)32-20-10-4-3-5-11-20/h6-9,12-18,20,29H,3-5,10-11,19H2,1-2H3,(H,32,38). The van der Waals surface area contributed by atoms with Gasteiger partial charge in [0.2, 0.25) is 11.8 Å². The van der Waals surface area contributed by atoms with Crippen LogP contribution in [0.1, 0.15) is 43.7 Å². The van der Waals surface area contributed by atoms with Crippen LogP contribution in [0.4, 0.5) is 10.1 Å². The summed E-state index contributed by atoms with van der Waals surface area (Å²) in [6.45, 7) is -0.239. The molecule has 40 heavy (non-hydrogen) atoms. The number of carbonyl (C=O) groups excluding carboxylic acids is 2. The van der Waals surface area contributed by atoms with E-state index in [-0.39, 0.29) is 18.2 Å². The van der Waals surface area contributed by atoms with E-state index in [4.69, 9.17) is 9.47 Å². The van der Waals surface area contributed by atoms with Gasteiger partial charge in [0.15, 0.2) is 0 Å². The predicted octanol–water partition coefficient (Wildman–Crippen LogP) is 4.81. The first-order valence-corrected chi connectivity index (χ1v) is 13.4. The SMILES string of the molecule is COc1ccc(N(C(=O)Cn2nnc3ccccc32)C(C(=O)NC2CCCCC2)c2ccccc2F)c(OC)c1. The van der Waals surface area contributed by atoms with Crippen molar-refractivity contribution in [3.63, 3.8) is 0 Å². The molecule has 0 radical (unpaired) electrons. The van der Waals surface area contributed by atoms with Crippen molar-refractivity contribution in [2.45, 2.75) is 50.7 Å². The number of methoxy groups -OCH3 is 2. The quantitative estimate of drug-likeness (QED) is 0.324. The van der Waals surface area contributed by atoms with Crippen LogP contribution in [0.25, 0.3) is 11.0 Å². The van der Waals surface area contributed by atoms with Gasteiger partial charge in [-0.05, 0) is 43.2 Å². The number of para-hydroxylation sites is 1. The summed E-state index contributed by atoms with van der Waals surface area (Å²) in [5, 5.41) is 11.4. The second kappa shape index (κ2) is 12.1. The smallest absolute Gasteiger partial charge is 0.249 e. The summed E-state index contributed by atoms with van der Waals surface area (Å²) in [5.74, 6) is -0.757. The predicted molar refractivity (Wildman–Crippen MR) is 149 cm³/mol. The summed E-state index contributed by atoms with van der Waals surface area (Å²) in [4.78, 5) is 29.6. The fourth-order valence-corrected chi connectivity index (χ4v) is 5.26. The topological polar surface area (TPSA) is 98.6 Å². The van der Waals surface area contributed by atoms with E-state index in [1.807, 2.05) is 18.2 Å². The van der Waals surface area contributed by atoms with Gasteiger partial charge in [0, 0.05) is 17.7 Å². The van der Waals surface area contributed by atoms with Gasteiger partial charge in [-0.1, -0.05) is 54.8 Å². The molecule has 0 bridgehead atoms. The number of halogens is 1. The lowest BCUT2D eigenvalue weighted by atomic mass is 9.94. The number of aromatic nitrogens is 3. The van der Waals surface area contributed by atoms with E-state index in [1.54, 1.807) is 36.4 Å². The van der Waals surface area contributed by atoms with Crippen LogP contribution in [0.15, 0.2) is 66.7 Å². The number of carbonyl (C=O) groups is 2. The highest BCUT2D eigenvalue weighted by molar-refractivity contribution is 6.02. The number of anilines is 1. The van der Waals surface area contributed by atoms with E-state index < -0.39 is 23.7 Å². The van der Waals surface area contributed by atoms with Crippen molar-refractivity contribution in [3.8, 4) is 11.5 Å². The Hall–Kier alpha value is -4.47. The number of nitrogens with one attached hydrogen (secondary N) is 1. The Balaban J connectivity index is 1.63. The van der Waals surface area contributed by atoms with Gasteiger partial charge >= 0.3 is 0 Å². The van der Waals surface area contributed by atoms with Crippen LogP contribution in [-0.2, 0) is 16.1 Å². The highest BCUT2D eigenvalue weighted by Crippen LogP contribution is 2.38. The number of hydrogen-bond acceptors (Lipinski definition) is 6. The van der Waals surface area contributed by atoms with Gasteiger partial charge in [-0.15, -0.1) is 5.10 Å². The second-order valence-electron chi connectivity index (χ2n) is 9.80. The first-order chi connectivity index (χ1) is 19.5. The van der Waals surface area contributed by atoms with Crippen LogP contribution in [0.5, 0.6) is 11.5 Å². The Morgan fingerprint density at radius 2 is 1.77 bits per heavy atom. The lowest BCUT2D eigenvalue weighted by molar-refractivity contribution is -0.127. The molecule has 1 atom stereocenters. The monoisotopic (exact) mass is 545 g/mol. The summed E-state index contributed by atoms with van der Waals surface area (Å²) in [5.41, 5.74) is 1.66. The van der Waals surface area contributed by atoms with Gasteiger partial charge in [0.1, 0.15) is 35.4 Å². The highest BCUT2D eigenvalue weighted by atomic mass is 19.1. The van der Waals surface area contributed by atoms with Gasteiger partial charge in [0.25, 0.3) is 0 Å². The zero-order valence-electron chi connectivity index (χ0n) is 22.5. The van der Waals surface area contributed by atoms with E-state index in [2.05, 4.69) is 15.6 Å². The lowest BCUT2D eigenvalue weighted by Crippen LogP contribution is -2.48. The summed E-state index contributed by atoms with van der Waals surface area (Å²) in [6, 6.07) is 16.9. The molecule has 1 unspecified atom stereocenters. The molecular formula is C30H32FN5O4. The maximum Gasteiger partial charge on any atom is 0.249 e. The summed E-state index contributed by atoms with van der Waals surface area (Å²) < 4.78 is 27.9. The molecule has 3 aromatic carbocycles. The van der Waals surface area contributed by atoms with Crippen molar-refractivity contribution in [2.24, 2.45) is 0 Å². The third-order valence-electron chi connectivity index (χ3n) is 7.28. The summed E-state index contributed by atoms with van der Waals surface area (Å²) in [6.07, 6.45) is 4.79. The molecule has 1 aromatic heterocycles. The molecule has 1 N–H and O–H groups in total. The molecular weight excluding hydrogens is 513 g/mol. The number of ether oxygens (including phenoxy) is 2. The molecule has 0 aliphatic heterocycles. The van der Waals surface area contributed by atoms with Crippen LogP contribution < -0.4 is 19.7 Å². The van der Waals surface area contributed by atoms with Crippen LogP contribution in [0.2, 0.25) is 0 Å². The van der Waals surface area contributed by atoms with Crippen molar-refractivity contribution in [1.82, 2.24) is 20.3 Å². The molecule has 208 valence electrons. The second-order valence-corrected chi connectivity index (χ2v) is 9.80. The minimum atomic E-state index is -1.31. The minimum Gasteiger partial charge on any atom is -0.497 e. The van der Waals surface area contributed by atoms with Crippen molar-refractivity contribution in [2.75, 3.05) is 19.1 Å². The fraction of sp³-hybridized carbons (Fsp3) is 0.333. The molecule has 1 saturated carbocycles. The molecule has 9 nitrogen and oxygen atoms in total. The average Bonchev–Trinajstić information content (AvgIpc) is 3.39. The summed E-state index contributed by atoms with van der Waals surface area (Å²) >= 11 is 0. The molecule has 1 fully saturated rings.